The van der Waals surface area contributed by atoms with E-state index in [4.69, 9.17) is 0 Å². The number of hydrogen-bond acceptors (Lipinski definition) is 0. The molecule has 0 saturated heterocycles. The number of aryl methyl sites for hydroxylation is 1. The van der Waals surface area contributed by atoms with Crippen LogP contribution in [0.25, 0.3) is 21.8 Å². The quantitative estimate of drug-likeness (QED) is 0.549. The average molecular weight is 279 g/mol. The molecule has 3 rings (SSSR count). The maximum absolute atomic E-state index is 2.46. The van der Waals surface area contributed by atoms with Gasteiger partial charge in [0.2, 0.25) is 0 Å². The third-order valence-electron chi connectivity index (χ3n) is 4.56. The molecule has 21 heavy (non-hydrogen) atoms. The third kappa shape index (κ3) is 2.25. The molecular formula is C20H25N. The van der Waals surface area contributed by atoms with E-state index in [0.29, 0.717) is 11.8 Å². The fourth-order valence-electron chi connectivity index (χ4n) is 3.19. The van der Waals surface area contributed by atoms with Crippen LogP contribution in [-0.4, -0.2) is 4.57 Å². The monoisotopic (exact) mass is 279 g/mol. The maximum Gasteiger partial charge on any atom is 0.0494 e. The summed E-state index contributed by atoms with van der Waals surface area (Å²) in [5.74, 6) is 1.15. The normalized spacial score (nSPS) is 12.1. The van der Waals surface area contributed by atoms with Crippen LogP contribution >= 0.6 is 0 Å². The van der Waals surface area contributed by atoms with Gasteiger partial charge in [-0.25, -0.2) is 0 Å². The second-order valence-electron chi connectivity index (χ2n) is 6.61. The van der Waals surface area contributed by atoms with Crippen molar-refractivity contribution in [2.24, 2.45) is 0 Å². The van der Waals surface area contributed by atoms with E-state index in [1.165, 1.54) is 32.9 Å². The van der Waals surface area contributed by atoms with Gasteiger partial charge in [-0.05, 0) is 42.0 Å². The van der Waals surface area contributed by atoms with Crippen molar-refractivity contribution in [1.29, 1.82) is 0 Å². The van der Waals surface area contributed by atoms with Crippen LogP contribution in [-0.2, 0) is 6.54 Å². The van der Waals surface area contributed by atoms with Gasteiger partial charge in [0.05, 0.1) is 0 Å². The van der Waals surface area contributed by atoms with E-state index in [0.717, 1.165) is 6.54 Å². The molecule has 0 unspecified atom stereocenters. The lowest BCUT2D eigenvalue weighted by molar-refractivity contribution is 0.817. The van der Waals surface area contributed by atoms with Crippen LogP contribution in [0, 0.1) is 0 Å². The van der Waals surface area contributed by atoms with Crippen LogP contribution < -0.4 is 0 Å². The van der Waals surface area contributed by atoms with Gasteiger partial charge >= 0.3 is 0 Å². The van der Waals surface area contributed by atoms with E-state index in [1.807, 2.05) is 0 Å². The summed E-state index contributed by atoms with van der Waals surface area (Å²) in [5.41, 5.74) is 5.59. The summed E-state index contributed by atoms with van der Waals surface area (Å²) in [4.78, 5) is 0. The van der Waals surface area contributed by atoms with Crippen LogP contribution in [0.15, 0.2) is 36.4 Å². The van der Waals surface area contributed by atoms with Crippen molar-refractivity contribution in [3.05, 3.63) is 47.5 Å². The Labute approximate surface area is 127 Å². The first-order valence-electron chi connectivity index (χ1n) is 8.08. The predicted molar refractivity (Wildman–Crippen MR) is 93.3 cm³/mol. The van der Waals surface area contributed by atoms with Crippen LogP contribution in [0.2, 0.25) is 0 Å². The highest BCUT2D eigenvalue weighted by Gasteiger charge is 2.12. The molecule has 1 heteroatoms. The van der Waals surface area contributed by atoms with Gasteiger partial charge in [-0.3, -0.25) is 0 Å². The summed E-state index contributed by atoms with van der Waals surface area (Å²) in [7, 11) is 0. The van der Waals surface area contributed by atoms with Crippen molar-refractivity contribution in [2.45, 2.75) is 53.0 Å². The molecule has 1 nitrogen and oxygen atoms in total. The zero-order valence-electron chi connectivity index (χ0n) is 13.8. The van der Waals surface area contributed by atoms with Gasteiger partial charge in [-0.2, -0.15) is 0 Å². The number of benzene rings is 2. The first kappa shape index (κ1) is 14.2. The van der Waals surface area contributed by atoms with E-state index >= 15 is 0 Å². The molecule has 0 amide bonds. The van der Waals surface area contributed by atoms with Gasteiger partial charge in [0.1, 0.15) is 0 Å². The average Bonchev–Trinajstić information content (AvgIpc) is 2.78. The molecule has 0 aliphatic rings. The first-order valence-corrected chi connectivity index (χ1v) is 8.08. The Bertz CT molecular complexity index is 725. The molecule has 0 aliphatic carbocycles. The van der Waals surface area contributed by atoms with E-state index < -0.39 is 0 Å². The molecular weight excluding hydrogens is 254 g/mol. The fraction of sp³-hybridized carbons (Fsp3) is 0.400. The lowest BCUT2D eigenvalue weighted by atomic mass is 10.00. The third-order valence-corrected chi connectivity index (χ3v) is 4.56. The molecule has 1 aromatic heterocycles. The van der Waals surface area contributed by atoms with Gasteiger partial charge in [-0.1, -0.05) is 52.0 Å². The van der Waals surface area contributed by atoms with Gasteiger partial charge in [0.25, 0.3) is 0 Å². The highest BCUT2D eigenvalue weighted by Crippen LogP contribution is 2.33. The van der Waals surface area contributed by atoms with Crippen molar-refractivity contribution >= 4 is 21.8 Å². The minimum atomic E-state index is 0.573. The summed E-state index contributed by atoms with van der Waals surface area (Å²) >= 11 is 0. The van der Waals surface area contributed by atoms with E-state index in [1.54, 1.807) is 0 Å². The van der Waals surface area contributed by atoms with Crippen molar-refractivity contribution in [1.82, 2.24) is 4.57 Å². The molecule has 0 bridgehead atoms. The topological polar surface area (TPSA) is 4.93 Å². The van der Waals surface area contributed by atoms with Crippen molar-refractivity contribution in [3.63, 3.8) is 0 Å². The number of hydrogen-bond donors (Lipinski definition) is 0. The Balaban J connectivity index is 2.37. The SMILES string of the molecule is CCn1c2cc(C(C)C)ccc2c2ccc(C(C)C)cc21. The van der Waals surface area contributed by atoms with Gasteiger partial charge in [0.15, 0.2) is 0 Å². The van der Waals surface area contributed by atoms with Gasteiger partial charge < -0.3 is 4.57 Å². The fourth-order valence-corrected chi connectivity index (χ4v) is 3.19. The zero-order chi connectivity index (χ0) is 15.1. The smallest absolute Gasteiger partial charge is 0.0494 e. The maximum atomic E-state index is 2.46. The molecule has 2 aromatic carbocycles. The van der Waals surface area contributed by atoms with Crippen LogP contribution in [0.4, 0.5) is 0 Å². The summed E-state index contributed by atoms with van der Waals surface area (Å²) in [6, 6.07) is 13.9. The van der Waals surface area contributed by atoms with Crippen LogP contribution in [0.3, 0.4) is 0 Å². The molecule has 0 atom stereocenters. The number of aromatic nitrogens is 1. The lowest BCUT2D eigenvalue weighted by Gasteiger charge is -2.09. The Morgan fingerprint density at radius 3 is 1.52 bits per heavy atom. The Morgan fingerprint density at radius 2 is 1.19 bits per heavy atom. The molecule has 0 fully saturated rings. The molecule has 0 radical (unpaired) electrons. The summed E-state index contributed by atoms with van der Waals surface area (Å²) in [5, 5.41) is 2.76. The second kappa shape index (κ2) is 5.22. The molecule has 0 aliphatic heterocycles. The van der Waals surface area contributed by atoms with Crippen molar-refractivity contribution < 1.29 is 0 Å². The minimum absolute atomic E-state index is 0.573. The summed E-state index contributed by atoms with van der Waals surface area (Å²) < 4.78 is 2.46. The lowest BCUT2D eigenvalue weighted by Crippen LogP contribution is -1.95. The van der Waals surface area contributed by atoms with E-state index in [2.05, 4.69) is 75.6 Å². The van der Waals surface area contributed by atoms with Crippen molar-refractivity contribution in [2.75, 3.05) is 0 Å². The summed E-state index contributed by atoms with van der Waals surface area (Å²) in [6.07, 6.45) is 0. The molecule has 110 valence electrons. The Hall–Kier alpha value is -1.76. The minimum Gasteiger partial charge on any atom is -0.341 e. The van der Waals surface area contributed by atoms with Gasteiger partial charge in [-0.15, -0.1) is 0 Å². The number of rotatable bonds is 3. The molecule has 0 saturated carbocycles. The Morgan fingerprint density at radius 1 is 0.762 bits per heavy atom. The van der Waals surface area contributed by atoms with Crippen LogP contribution in [0.5, 0.6) is 0 Å². The second-order valence-corrected chi connectivity index (χ2v) is 6.61. The van der Waals surface area contributed by atoms with E-state index in [9.17, 15) is 0 Å². The largest absolute Gasteiger partial charge is 0.341 e. The molecule has 0 spiro atoms. The molecule has 3 aromatic rings. The zero-order valence-corrected chi connectivity index (χ0v) is 13.8. The highest BCUT2D eigenvalue weighted by molar-refractivity contribution is 6.08. The standard InChI is InChI=1S/C20H25N/c1-6-21-19-11-15(13(2)3)7-9-17(19)18-10-8-16(14(4)5)12-20(18)21/h7-14H,6H2,1-5H3. The molecule has 0 N–H and O–H groups in total. The Kier molecular flexibility index (Phi) is 3.52. The predicted octanol–water partition coefficient (Wildman–Crippen LogP) is 6.06. The first-order chi connectivity index (χ1) is 10.0. The van der Waals surface area contributed by atoms with Gasteiger partial charge in [0, 0.05) is 28.4 Å². The van der Waals surface area contributed by atoms with E-state index in [-0.39, 0.29) is 0 Å². The van der Waals surface area contributed by atoms with Crippen LogP contribution in [0.1, 0.15) is 57.6 Å². The van der Waals surface area contributed by atoms with Crippen molar-refractivity contribution in [3.8, 4) is 0 Å². The number of fused-ring (bicyclic) bond motifs is 3. The molecule has 1 heterocycles. The summed E-state index contributed by atoms with van der Waals surface area (Å²) in [6.45, 7) is 12.3. The number of nitrogens with zero attached hydrogens (tertiary/aromatic N) is 1. The highest BCUT2D eigenvalue weighted by atomic mass is 15.0.